The van der Waals surface area contributed by atoms with Crippen LogP contribution in [-0.2, 0) is 4.79 Å². The average Bonchev–Trinajstić information content (AvgIpc) is 2.65. The zero-order chi connectivity index (χ0) is 12.1. The molecule has 16 heavy (non-hydrogen) atoms. The molecule has 0 saturated carbocycles. The fourth-order valence-electron chi connectivity index (χ4n) is 1.17. The molecule has 1 aromatic rings. The fourth-order valence-corrected chi connectivity index (χ4v) is 1.95. The Balaban J connectivity index is 2.55. The lowest BCUT2D eigenvalue weighted by molar-refractivity contribution is -0.122. The lowest BCUT2D eigenvalue weighted by Gasteiger charge is -2.14. The van der Waals surface area contributed by atoms with Crippen molar-refractivity contribution in [2.75, 3.05) is 0 Å². The van der Waals surface area contributed by atoms with Gasteiger partial charge >= 0.3 is 0 Å². The summed E-state index contributed by atoms with van der Waals surface area (Å²) < 4.78 is 0. The van der Waals surface area contributed by atoms with Crippen LogP contribution in [0.2, 0.25) is 0 Å². The number of thiazole rings is 1. The van der Waals surface area contributed by atoms with E-state index in [0.29, 0.717) is 0 Å². The molecular weight excluding hydrogens is 222 g/mol. The van der Waals surface area contributed by atoms with E-state index in [1.54, 1.807) is 17.5 Å². The van der Waals surface area contributed by atoms with Crippen LogP contribution in [0.15, 0.2) is 6.20 Å². The van der Waals surface area contributed by atoms with Gasteiger partial charge in [-0.25, -0.2) is 4.98 Å². The van der Waals surface area contributed by atoms with Crippen LogP contribution in [0.5, 0.6) is 0 Å². The maximum atomic E-state index is 11.6. The molecule has 0 aliphatic rings. The highest BCUT2D eigenvalue weighted by Gasteiger charge is 2.17. The number of hydrogen-bond acceptors (Lipinski definition) is 4. The number of nitrogens with two attached hydrogens (primary N) is 1. The average molecular weight is 237 g/mol. The van der Waals surface area contributed by atoms with Crippen molar-refractivity contribution in [1.82, 2.24) is 10.3 Å². The topological polar surface area (TPSA) is 68.0 Å². The van der Waals surface area contributed by atoms with E-state index in [1.807, 2.05) is 13.8 Å². The van der Waals surface area contributed by atoms with E-state index in [9.17, 15) is 4.79 Å². The molecule has 0 radical (unpaired) electrons. The minimum Gasteiger partial charge on any atom is -0.346 e. The van der Waals surface area contributed by atoms with E-state index >= 15 is 0 Å². The molecule has 1 aromatic heterocycles. The Morgan fingerprint density at radius 2 is 2.50 bits per heavy atom. The number of aromatic nitrogens is 1. The van der Waals surface area contributed by atoms with Crippen LogP contribution < -0.4 is 11.1 Å². The fraction of sp³-hybridized carbons (Fsp3) is 0.455. The minimum atomic E-state index is -0.645. The smallest absolute Gasteiger partial charge is 0.238 e. The van der Waals surface area contributed by atoms with Crippen molar-refractivity contribution < 1.29 is 4.79 Å². The molecule has 0 aliphatic carbocycles. The zero-order valence-electron chi connectivity index (χ0n) is 9.36. The predicted octanol–water partition coefficient (Wildman–Crippen LogP) is 0.979. The third-order valence-electron chi connectivity index (χ3n) is 2.04. The summed E-state index contributed by atoms with van der Waals surface area (Å²) >= 11 is 1.56. The third kappa shape index (κ3) is 3.33. The Kier molecular flexibility index (Phi) is 4.47. The van der Waals surface area contributed by atoms with Gasteiger partial charge in [-0.1, -0.05) is 0 Å². The Morgan fingerprint density at radius 3 is 3.00 bits per heavy atom. The molecule has 2 unspecified atom stereocenters. The number of rotatable bonds is 4. The van der Waals surface area contributed by atoms with Gasteiger partial charge in [-0.15, -0.1) is 23.7 Å². The van der Waals surface area contributed by atoms with Crippen LogP contribution >= 0.6 is 11.3 Å². The molecule has 2 atom stereocenters. The normalized spacial score (nSPS) is 13.9. The van der Waals surface area contributed by atoms with Crippen molar-refractivity contribution in [3.63, 3.8) is 0 Å². The summed E-state index contributed by atoms with van der Waals surface area (Å²) in [6, 6.07) is -0.775. The molecule has 0 spiro atoms. The number of carbonyl (C=O) groups is 1. The van der Waals surface area contributed by atoms with Gasteiger partial charge in [-0.3, -0.25) is 4.79 Å². The van der Waals surface area contributed by atoms with Gasteiger partial charge in [0.2, 0.25) is 5.91 Å². The Hall–Kier alpha value is -1.38. The summed E-state index contributed by atoms with van der Waals surface area (Å²) in [5.74, 6) is 2.13. The van der Waals surface area contributed by atoms with Crippen LogP contribution in [0.3, 0.4) is 0 Å². The van der Waals surface area contributed by atoms with Gasteiger partial charge in [0, 0.05) is 17.5 Å². The molecule has 0 aliphatic heterocycles. The lowest BCUT2D eigenvalue weighted by Crippen LogP contribution is -2.41. The number of nitrogens with zero attached hydrogens (tertiary/aromatic N) is 1. The van der Waals surface area contributed by atoms with E-state index in [1.165, 1.54) is 0 Å². The van der Waals surface area contributed by atoms with E-state index in [0.717, 1.165) is 9.88 Å². The molecule has 1 heterocycles. The molecule has 4 nitrogen and oxygen atoms in total. The third-order valence-corrected chi connectivity index (χ3v) is 3.14. The second-order valence-corrected chi connectivity index (χ2v) is 4.82. The predicted molar refractivity (Wildman–Crippen MR) is 64.8 cm³/mol. The van der Waals surface area contributed by atoms with Crippen molar-refractivity contribution in [3.05, 3.63) is 16.1 Å². The zero-order valence-corrected chi connectivity index (χ0v) is 10.2. The van der Waals surface area contributed by atoms with E-state index in [-0.39, 0.29) is 18.4 Å². The first-order valence-corrected chi connectivity index (χ1v) is 5.78. The minimum absolute atomic E-state index is 0.130. The molecule has 86 valence electrons. The second-order valence-electron chi connectivity index (χ2n) is 3.55. The highest BCUT2D eigenvalue weighted by Crippen LogP contribution is 2.18. The molecular formula is C11H15N3OS. The van der Waals surface area contributed by atoms with E-state index in [4.69, 9.17) is 12.2 Å². The van der Waals surface area contributed by atoms with Crippen molar-refractivity contribution in [2.45, 2.75) is 32.4 Å². The number of terminal acetylenes is 1. The molecule has 1 amide bonds. The van der Waals surface area contributed by atoms with Gasteiger partial charge in [-0.05, 0) is 13.8 Å². The summed E-state index contributed by atoms with van der Waals surface area (Å²) in [6.45, 7) is 3.85. The maximum Gasteiger partial charge on any atom is 0.238 e. The number of hydrogen-bond donors (Lipinski definition) is 2. The van der Waals surface area contributed by atoms with Gasteiger partial charge in [0.15, 0.2) is 0 Å². The van der Waals surface area contributed by atoms with Gasteiger partial charge in [0.05, 0.1) is 12.1 Å². The molecule has 5 heteroatoms. The quantitative estimate of drug-likeness (QED) is 0.767. The first-order valence-electron chi connectivity index (χ1n) is 4.96. The Labute approximate surface area is 99.3 Å². The first-order chi connectivity index (χ1) is 7.54. The van der Waals surface area contributed by atoms with Gasteiger partial charge in [-0.2, -0.15) is 0 Å². The van der Waals surface area contributed by atoms with Crippen LogP contribution in [0.25, 0.3) is 0 Å². The highest BCUT2D eigenvalue weighted by atomic mass is 32.1. The largest absolute Gasteiger partial charge is 0.346 e. The lowest BCUT2D eigenvalue weighted by atomic mass is 10.2. The molecule has 0 fully saturated rings. The van der Waals surface area contributed by atoms with Crippen LogP contribution in [0.4, 0.5) is 0 Å². The SMILES string of the molecule is C#CCC(N)C(=O)NC(C)c1ncc(C)s1. The number of carbonyl (C=O) groups excluding carboxylic acids is 1. The summed E-state index contributed by atoms with van der Waals surface area (Å²) in [6.07, 6.45) is 7.12. The molecule has 0 aromatic carbocycles. The molecule has 1 rings (SSSR count). The first kappa shape index (κ1) is 12.7. The molecule has 0 saturated heterocycles. The van der Waals surface area contributed by atoms with Crippen molar-refractivity contribution in [2.24, 2.45) is 5.73 Å². The maximum absolute atomic E-state index is 11.6. The summed E-state index contributed by atoms with van der Waals surface area (Å²) in [5, 5.41) is 3.66. The number of aryl methyl sites for hydroxylation is 1. The summed E-state index contributed by atoms with van der Waals surface area (Å²) in [4.78, 5) is 16.9. The van der Waals surface area contributed by atoms with E-state index in [2.05, 4.69) is 16.2 Å². The van der Waals surface area contributed by atoms with Crippen molar-refractivity contribution in [1.29, 1.82) is 0 Å². The summed E-state index contributed by atoms with van der Waals surface area (Å²) in [5.41, 5.74) is 5.59. The second kappa shape index (κ2) is 5.64. The van der Waals surface area contributed by atoms with Crippen LogP contribution in [0.1, 0.15) is 29.3 Å². The van der Waals surface area contributed by atoms with Gasteiger partial charge in [0.1, 0.15) is 5.01 Å². The van der Waals surface area contributed by atoms with Gasteiger partial charge < -0.3 is 11.1 Å². The molecule has 3 N–H and O–H groups in total. The van der Waals surface area contributed by atoms with E-state index < -0.39 is 6.04 Å². The number of amides is 1. The Morgan fingerprint density at radius 1 is 1.81 bits per heavy atom. The van der Waals surface area contributed by atoms with Gasteiger partial charge in [0.25, 0.3) is 0 Å². The van der Waals surface area contributed by atoms with Crippen LogP contribution in [-0.4, -0.2) is 16.9 Å². The van der Waals surface area contributed by atoms with Crippen molar-refractivity contribution in [3.8, 4) is 12.3 Å². The number of nitrogens with one attached hydrogen (secondary N) is 1. The Bertz CT molecular complexity index is 408. The molecule has 0 bridgehead atoms. The monoisotopic (exact) mass is 237 g/mol. The summed E-state index contributed by atoms with van der Waals surface area (Å²) in [7, 11) is 0. The van der Waals surface area contributed by atoms with Crippen LogP contribution in [0, 0.1) is 19.3 Å². The highest BCUT2D eigenvalue weighted by molar-refractivity contribution is 7.11. The van der Waals surface area contributed by atoms with Crippen molar-refractivity contribution >= 4 is 17.2 Å². The standard InChI is InChI=1S/C11H15N3OS/c1-4-5-9(12)10(15)14-8(3)11-13-6-7(2)16-11/h1,6,8-9H,5,12H2,2-3H3,(H,14,15).